The van der Waals surface area contributed by atoms with Gasteiger partial charge in [0.1, 0.15) is 21.6 Å². The second-order valence-corrected chi connectivity index (χ2v) is 8.58. The minimum Gasteiger partial charge on any atom is -0.744 e. The first kappa shape index (κ1) is 26.8. The van der Waals surface area contributed by atoms with Crippen molar-refractivity contribution in [3.05, 3.63) is 54.1 Å². The van der Waals surface area contributed by atoms with Gasteiger partial charge in [-0.3, -0.25) is 0 Å². The van der Waals surface area contributed by atoms with E-state index in [-0.39, 0.29) is 62.0 Å². The Balaban J connectivity index is 0.00000420. The summed E-state index contributed by atoms with van der Waals surface area (Å²) in [5.74, 6) is 0.613. The molecule has 0 saturated carbocycles. The first-order chi connectivity index (χ1) is 13.5. The van der Waals surface area contributed by atoms with Crippen LogP contribution in [0.1, 0.15) is 70.3 Å². The number of aryl methyl sites for hydroxylation is 1. The second kappa shape index (κ2) is 14.7. The van der Waals surface area contributed by atoms with Crippen LogP contribution in [0.2, 0.25) is 0 Å². The number of unbranched alkanes of at least 4 members (excludes halogenated alkanes) is 8. The van der Waals surface area contributed by atoms with E-state index < -0.39 is 10.1 Å². The zero-order chi connectivity index (χ0) is 20.2. The van der Waals surface area contributed by atoms with Crippen LogP contribution in [-0.4, -0.2) is 13.0 Å². The number of benzene rings is 2. The molecule has 0 amide bonds. The molecular formula is C23H31KO4S. The fraction of sp³-hybridized carbons (Fsp3) is 0.478. The maximum absolute atomic E-state index is 11.4. The number of hydrogen-bond acceptors (Lipinski definition) is 4. The average Bonchev–Trinajstić information content (AvgIpc) is 2.67. The molecule has 0 unspecified atom stereocenters. The van der Waals surface area contributed by atoms with Crippen LogP contribution in [0, 0.1) is 0 Å². The van der Waals surface area contributed by atoms with Gasteiger partial charge in [-0.1, -0.05) is 82.6 Å². The summed E-state index contributed by atoms with van der Waals surface area (Å²) in [7, 11) is -4.57. The van der Waals surface area contributed by atoms with Crippen molar-refractivity contribution in [2.75, 3.05) is 0 Å². The third-order valence-electron chi connectivity index (χ3n) is 4.81. The summed E-state index contributed by atoms with van der Waals surface area (Å²) in [6.45, 7) is 2.24. The van der Waals surface area contributed by atoms with Gasteiger partial charge in [-0.05, 0) is 42.7 Å². The molecule has 0 N–H and O–H groups in total. The van der Waals surface area contributed by atoms with Gasteiger partial charge >= 0.3 is 51.4 Å². The van der Waals surface area contributed by atoms with Crippen LogP contribution in [0.25, 0.3) is 0 Å². The molecule has 0 atom stereocenters. The van der Waals surface area contributed by atoms with E-state index in [1.807, 2.05) is 18.2 Å². The molecule has 0 radical (unpaired) electrons. The molecule has 4 nitrogen and oxygen atoms in total. The molecule has 0 heterocycles. The summed E-state index contributed by atoms with van der Waals surface area (Å²) in [6.07, 6.45) is 12.6. The van der Waals surface area contributed by atoms with Gasteiger partial charge in [0.05, 0.1) is 4.90 Å². The molecule has 29 heavy (non-hydrogen) atoms. The van der Waals surface area contributed by atoms with Gasteiger partial charge in [0.15, 0.2) is 0 Å². The summed E-state index contributed by atoms with van der Waals surface area (Å²) in [4.78, 5) is -0.334. The van der Waals surface area contributed by atoms with E-state index in [2.05, 4.69) is 6.92 Å². The Morgan fingerprint density at radius 1 is 0.828 bits per heavy atom. The van der Waals surface area contributed by atoms with Crippen molar-refractivity contribution >= 4 is 10.1 Å². The molecule has 2 aromatic carbocycles. The van der Waals surface area contributed by atoms with Crippen molar-refractivity contribution in [2.45, 2.75) is 76.0 Å². The van der Waals surface area contributed by atoms with Crippen molar-refractivity contribution in [1.82, 2.24) is 0 Å². The largest absolute Gasteiger partial charge is 1.00 e. The predicted molar refractivity (Wildman–Crippen MR) is 112 cm³/mol. The van der Waals surface area contributed by atoms with Gasteiger partial charge in [0, 0.05) is 0 Å². The van der Waals surface area contributed by atoms with Gasteiger partial charge in [-0.2, -0.15) is 0 Å². The molecule has 0 fully saturated rings. The standard InChI is InChI=1S/C23H32O4S.K/c1-2-3-4-5-6-7-8-9-10-14-20-15-13-16-21(19-20)27-22-17-11-12-18-23(22)28(24,25)26;/h11-13,15-19H,2-10,14H2,1H3,(H,24,25,26);/q;+1/p-1. The first-order valence-corrected chi connectivity index (χ1v) is 11.7. The zero-order valence-corrected chi connectivity index (χ0v) is 21.7. The number of para-hydroxylation sites is 1. The van der Waals surface area contributed by atoms with Crippen LogP contribution in [0.4, 0.5) is 0 Å². The number of ether oxygens (including phenoxy) is 1. The molecule has 6 heteroatoms. The Kier molecular flexibility index (Phi) is 13.6. The van der Waals surface area contributed by atoms with E-state index in [0.29, 0.717) is 5.75 Å². The Morgan fingerprint density at radius 2 is 1.45 bits per heavy atom. The Hall–Kier alpha value is -0.214. The first-order valence-electron chi connectivity index (χ1n) is 10.3. The molecule has 0 aromatic heterocycles. The van der Waals surface area contributed by atoms with Gasteiger partial charge < -0.3 is 9.29 Å². The fourth-order valence-electron chi connectivity index (χ4n) is 3.27. The van der Waals surface area contributed by atoms with Crippen molar-refractivity contribution in [3.8, 4) is 11.5 Å². The molecule has 0 aliphatic carbocycles. The molecule has 0 bridgehead atoms. The topological polar surface area (TPSA) is 66.4 Å². The molecular weight excluding hydrogens is 411 g/mol. The molecule has 2 aromatic rings. The molecule has 154 valence electrons. The van der Waals surface area contributed by atoms with E-state index in [4.69, 9.17) is 4.74 Å². The van der Waals surface area contributed by atoms with Gasteiger partial charge in [0.2, 0.25) is 0 Å². The average molecular weight is 443 g/mol. The Bertz CT molecular complexity index is 821. The third-order valence-corrected chi connectivity index (χ3v) is 5.69. The quantitative estimate of drug-likeness (QED) is 0.271. The summed E-state index contributed by atoms with van der Waals surface area (Å²) in [5.41, 5.74) is 1.16. The van der Waals surface area contributed by atoms with Crippen molar-refractivity contribution < 1.29 is 69.1 Å². The molecule has 0 saturated heterocycles. The van der Waals surface area contributed by atoms with Crippen LogP contribution in [0.3, 0.4) is 0 Å². The molecule has 2 rings (SSSR count). The Morgan fingerprint density at radius 3 is 2.10 bits per heavy atom. The van der Waals surface area contributed by atoms with Crippen LogP contribution < -0.4 is 56.1 Å². The second-order valence-electron chi connectivity index (χ2n) is 7.23. The van der Waals surface area contributed by atoms with E-state index in [1.165, 1.54) is 69.6 Å². The maximum atomic E-state index is 11.4. The van der Waals surface area contributed by atoms with Crippen LogP contribution in [0.5, 0.6) is 11.5 Å². The summed E-state index contributed by atoms with van der Waals surface area (Å²) >= 11 is 0. The summed E-state index contributed by atoms with van der Waals surface area (Å²) in [5, 5.41) is 0. The summed E-state index contributed by atoms with van der Waals surface area (Å²) in [6, 6.07) is 13.6. The Labute approximate surface area is 218 Å². The maximum Gasteiger partial charge on any atom is 1.00 e. The minimum absolute atomic E-state index is 0. The smallest absolute Gasteiger partial charge is 0.744 e. The van der Waals surface area contributed by atoms with Crippen LogP contribution in [0.15, 0.2) is 53.4 Å². The monoisotopic (exact) mass is 442 g/mol. The van der Waals surface area contributed by atoms with Gasteiger partial charge in [0.25, 0.3) is 0 Å². The molecule has 0 aliphatic heterocycles. The van der Waals surface area contributed by atoms with Crippen molar-refractivity contribution in [2.24, 2.45) is 0 Å². The minimum atomic E-state index is -4.57. The van der Waals surface area contributed by atoms with E-state index in [9.17, 15) is 13.0 Å². The summed E-state index contributed by atoms with van der Waals surface area (Å²) < 4.78 is 39.8. The van der Waals surface area contributed by atoms with Gasteiger partial charge in [-0.15, -0.1) is 0 Å². The third kappa shape index (κ3) is 10.6. The van der Waals surface area contributed by atoms with E-state index in [1.54, 1.807) is 12.1 Å². The normalized spacial score (nSPS) is 11.1. The van der Waals surface area contributed by atoms with E-state index in [0.717, 1.165) is 18.4 Å². The fourth-order valence-corrected chi connectivity index (χ4v) is 3.87. The van der Waals surface area contributed by atoms with E-state index >= 15 is 0 Å². The van der Waals surface area contributed by atoms with Crippen molar-refractivity contribution in [3.63, 3.8) is 0 Å². The number of hydrogen-bond donors (Lipinski definition) is 0. The van der Waals surface area contributed by atoms with Gasteiger partial charge in [-0.25, -0.2) is 8.42 Å². The number of rotatable bonds is 13. The molecule has 0 spiro atoms. The van der Waals surface area contributed by atoms with Crippen molar-refractivity contribution in [1.29, 1.82) is 0 Å². The zero-order valence-electron chi connectivity index (χ0n) is 17.7. The SMILES string of the molecule is CCCCCCCCCCCc1cccc(Oc2ccccc2S(=O)(=O)[O-])c1.[K+]. The molecule has 0 aliphatic rings. The predicted octanol–water partition coefficient (Wildman–Crippen LogP) is 3.46. The van der Waals surface area contributed by atoms with Crippen LogP contribution >= 0.6 is 0 Å². The van der Waals surface area contributed by atoms with Crippen LogP contribution in [-0.2, 0) is 16.5 Å².